The first-order valence-electron chi connectivity index (χ1n) is 6.53. The van der Waals surface area contributed by atoms with Crippen LogP contribution in [0.25, 0.3) is 10.9 Å². The molecule has 0 saturated heterocycles. The van der Waals surface area contributed by atoms with Crippen LogP contribution in [0.5, 0.6) is 0 Å². The molecule has 0 atom stereocenters. The molecule has 102 valence electrons. The van der Waals surface area contributed by atoms with E-state index < -0.39 is 0 Å². The van der Waals surface area contributed by atoms with Crippen LogP contribution in [0.2, 0.25) is 0 Å². The van der Waals surface area contributed by atoms with E-state index >= 15 is 0 Å². The zero-order valence-corrected chi connectivity index (χ0v) is 12.1. The van der Waals surface area contributed by atoms with E-state index in [0.717, 1.165) is 22.8 Å². The number of aryl methyl sites for hydroxylation is 3. The van der Waals surface area contributed by atoms with Gasteiger partial charge in [0.15, 0.2) is 0 Å². The Labute approximate surface area is 117 Å². The largest absolute Gasteiger partial charge is 0.329 e. The van der Waals surface area contributed by atoms with Gasteiger partial charge in [-0.2, -0.15) is 5.10 Å². The van der Waals surface area contributed by atoms with Gasteiger partial charge in [-0.15, -0.1) is 0 Å². The molecule has 0 spiro atoms. The predicted molar refractivity (Wildman–Crippen MR) is 80.3 cm³/mol. The van der Waals surface area contributed by atoms with Gasteiger partial charge in [0.1, 0.15) is 11.6 Å². The summed E-state index contributed by atoms with van der Waals surface area (Å²) in [7, 11) is 3.96. The summed E-state index contributed by atoms with van der Waals surface area (Å²) in [6, 6.07) is 8.19. The van der Waals surface area contributed by atoms with Crippen molar-refractivity contribution >= 4 is 22.4 Å². The normalized spacial score (nSPS) is 11.0. The third-order valence-electron chi connectivity index (χ3n) is 3.61. The van der Waals surface area contributed by atoms with Gasteiger partial charge in [0.05, 0.1) is 5.52 Å². The molecule has 5 heteroatoms. The maximum absolute atomic E-state index is 4.52. The van der Waals surface area contributed by atoms with Crippen molar-refractivity contribution in [1.29, 1.82) is 0 Å². The van der Waals surface area contributed by atoms with E-state index in [4.69, 9.17) is 0 Å². The Morgan fingerprint density at radius 2 is 1.95 bits per heavy atom. The third kappa shape index (κ3) is 2.01. The lowest BCUT2D eigenvalue weighted by Gasteiger charge is -2.18. The quantitative estimate of drug-likeness (QED) is 0.716. The molecule has 0 aliphatic rings. The number of rotatable bonds is 2. The second-order valence-corrected chi connectivity index (χ2v) is 4.93. The third-order valence-corrected chi connectivity index (χ3v) is 3.61. The summed E-state index contributed by atoms with van der Waals surface area (Å²) in [5.41, 5.74) is 3.24. The Hall–Kier alpha value is -2.43. The number of fused-ring (bicyclic) bond motifs is 1. The molecule has 0 N–H and O–H groups in total. The smallest absolute Gasteiger partial charge is 0.136 e. The molecule has 0 amide bonds. The highest BCUT2D eigenvalue weighted by atomic mass is 15.3. The fourth-order valence-electron chi connectivity index (χ4n) is 2.29. The van der Waals surface area contributed by atoms with Crippen LogP contribution in [0, 0.1) is 13.8 Å². The Kier molecular flexibility index (Phi) is 2.89. The molecular weight excluding hydrogens is 250 g/mol. The second-order valence-electron chi connectivity index (χ2n) is 4.93. The van der Waals surface area contributed by atoms with E-state index in [0.29, 0.717) is 0 Å². The van der Waals surface area contributed by atoms with Crippen molar-refractivity contribution in [2.24, 2.45) is 7.05 Å². The van der Waals surface area contributed by atoms with Crippen molar-refractivity contribution in [2.75, 3.05) is 11.9 Å². The van der Waals surface area contributed by atoms with Crippen molar-refractivity contribution in [1.82, 2.24) is 19.7 Å². The van der Waals surface area contributed by atoms with Crippen molar-refractivity contribution < 1.29 is 0 Å². The lowest BCUT2D eigenvalue weighted by Crippen LogP contribution is -2.11. The van der Waals surface area contributed by atoms with Crippen LogP contribution in [-0.4, -0.2) is 26.8 Å². The first kappa shape index (κ1) is 12.6. The highest BCUT2D eigenvalue weighted by Gasteiger charge is 2.10. The van der Waals surface area contributed by atoms with Crippen molar-refractivity contribution in [3.8, 4) is 0 Å². The predicted octanol–water partition coefficient (Wildman–Crippen LogP) is 2.75. The molecule has 0 aliphatic carbocycles. The van der Waals surface area contributed by atoms with E-state index in [1.807, 2.05) is 36.7 Å². The van der Waals surface area contributed by atoms with Crippen molar-refractivity contribution in [3.63, 3.8) is 0 Å². The molecule has 0 saturated carbocycles. The van der Waals surface area contributed by atoms with Crippen molar-refractivity contribution in [3.05, 3.63) is 42.0 Å². The van der Waals surface area contributed by atoms with Gasteiger partial charge in [-0.3, -0.25) is 4.68 Å². The summed E-state index contributed by atoms with van der Waals surface area (Å²) < 4.78 is 1.91. The zero-order chi connectivity index (χ0) is 14.3. The first-order valence-corrected chi connectivity index (χ1v) is 6.53. The molecule has 0 fully saturated rings. The second kappa shape index (κ2) is 4.59. The fraction of sp³-hybridized carbons (Fsp3) is 0.267. The van der Waals surface area contributed by atoms with Crippen LogP contribution in [0.3, 0.4) is 0 Å². The minimum Gasteiger partial charge on any atom is -0.329 e. The van der Waals surface area contributed by atoms with Gasteiger partial charge in [0, 0.05) is 37.1 Å². The monoisotopic (exact) mass is 267 g/mol. The Morgan fingerprint density at radius 1 is 1.15 bits per heavy atom. The summed E-state index contributed by atoms with van der Waals surface area (Å²) in [6.45, 7) is 3.97. The molecule has 0 unspecified atom stereocenters. The first-order chi connectivity index (χ1) is 9.56. The van der Waals surface area contributed by atoms with Crippen LogP contribution < -0.4 is 4.90 Å². The lowest BCUT2D eigenvalue weighted by atomic mass is 10.2. The summed E-state index contributed by atoms with van der Waals surface area (Å²) in [5, 5.41) is 5.71. The van der Waals surface area contributed by atoms with Crippen LogP contribution >= 0.6 is 0 Å². The van der Waals surface area contributed by atoms with E-state index in [1.54, 1.807) is 6.20 Å². The molecule has 3 aromatic rings. The van der Waals surface area contributed by atoms with Crippen LogP contribution in [-0.2, 0) is 7.05 Å². The van der Waals surface area contributed by atoms with E-state index in [2.05, 4.69) is 40.2 Å². The molecule has 1 aromatic carbocycles. The fourth-order valence-corrected chi connectivity index (χ4v) is 2.29. The van der Waals surface area contributed by atoms with Crippen LogP contribution in [0.4, 0.5) is 11.5 Å². The maximum Gasteiger partial charge on any atom is 0.136 e. The molecule has 0 bridgehead atoms. The number of aromatic nitrogens is 4. The zero-order valence-electron chi connectivity index (χ0n) is 12.1. The maximum atomic E-state index is 4.52. The van der Waals surface area contributed by atoms with Gasteiger partial charge in [-0.25, -0.2) is 9.97 Å². The average Bonchev–Trinajstić information content (AvgIpc) is 2.73. The van der Waals surface area contributed by atoms with Gasteiger partial charge in [0.25, 0.3) is 0 Å². The summed E-state index contributed by atoms with van der Waals surface area (Å²) in [5.74, 6) is 1.65. The van der Waals surface area contributed by atoms with Crippen molar-refractivity contribution in [2.45, 2.75) is 13.8 Å². The summed E-state index contributed by atoms with van der Waals surface area (Å²) in [4.78, 5) is 10.6. The minimum absolute atomic E-state index is 0.768. The molecule has 0 aliphatic heterocycles. The van der Waals surface area contributed by atoms with E-state index in [-0.39, 0.29) is 0 Å². The Balaban J connectivity index is 2.05. The Morgan fingerprint density at radius 3 is 2.70 bits per heavy atom. The molecular formula is C15H17N5. The number of benzene rings is 1. The van der Waals surface area contributed by atoms with Crippen LogP contribution in [0.15, 0.2) is 30.5 Å². The highest BCUT2D eigenvalue weighted by Crippen LogP contribution is 2.26. The Bertz CT molecular complexity index is 775. The average molecular weight is 267 g/mol. The van der Waals surface area contributed by atoms with Crippen LogP contribution in [0.1, 0.15) is 11.5 Å². The lowest BCUT2D eigenvalue weighted by molar-refractivity contribution is 0.751. The van der Waals surface area contributed by atoms with E-state index in [9.17, 15) is 0 Å². The molecule has 3 rings (SSSR count). The summed E-state index contributed by atoms with van der Waals surface area (Å²) in [6.07, 6.45) is 1.78. The van der Waals surface area contributed by atoms with Gasteiger partial charge in [-0.1, -0.05) is 0 Å². The number of anilines is 2. The van der Waals surface area contributed by atoms with Gasteiger partial charge in [0.2, 0.25) is 0 Å². The molecule has 2 aromatic heterocycles. The number of hydrogen-bond donors (Lipinski definition) is 0. The molecule has 2 heterocycles. The number of hydrogen-bond acceptors (Lipinski definition) is 4. The van der Waals surface area contributed by atoms with Gasteiger partial charge >= 0.3 is 0 Å². The van der Waals surface area contributed by atoms with E-state index in [1.165, 1.54) is 11.1 Å². The molecule has 0 radical (unpaired) electrons. The number of nitrogens with zero attached hydrogens (tertiary/aromatic N) is 5. The summed E-state index contributed by atoms with van der Waals surface area (Å²) >= 11 is 0. The SMILES string of the molecule is Cc1nccc(N(C)c2ccc3c(C)n(C)nc3c2)n1. The molecule has 20 heavy (non-hydrogen) atoms. The topological polar surface area (TPSA) is 46.8 Å². The standard InChI is InChI=1S/C15H17N5/c1-10-13-6-5-12(9-14(13)18-20(10)4)19(3)15-7-8-16-11(2)17-15/h5-9H,1-4H3. The van der Waals surface area contributed by atoms with Gasteiger partial charge < -0.3 is 4.90 Å². The highest BCUT2D eigenvalue weighted by molar-refractivity contribution is 5.85. The minimum atomic E-state index is 0.768. The van der Waals surface area contributed by atoms with Gasteiger partial charge in [-0.05, 0) is 38.1 Å². The molecule has 5 nitrogen and oxygen atoms in total.